The fourth-order valence-electron chi connectivity index (χ4n) is 4.15. The number of piperidine rings is 1. The van der Waals surface area contributed by atoms with Crippen molar-refractivity contribution >= 4 is 22.1 Å². The maximum absolute atomic E-state index is 13.5. The van der Waals surface area contributed by atoms with Crippen molar-refractivity contribution in [3.05, 3.63) is 23.8 Å². The molecule has 1 aromatic rings. The Bertz CT molecular complexity index is 987. The fourth-order valence-corrected chi connectivity index (χ4v) is 5.90. The molecule has 0 spiro atoms. The molecular formula is C23H34N2O7S. The average Bonchev–Trinajstić information content (AvgIpc) is 3.23. The Labute approximate surface area is 196 Å². The summed E-state index contributed by atoms with van der Waals surface area (Å²) >= 11 is 0. The minimum atomic E-state index is -3.99. The van der Waals surface area contributed by atoms with E-state index < -0.39 is 33.7 Å². The van der Waals surface area contributed by atoms with E-state index in [1.807, 2.05) is 27.7 Å². The molecule has 9 nitrogen and oxygen atoms in total. The van der Waals surface area contributed by atoms with Crippen LogP contribution in [0.3, 0.4) is 0 Å². The first-order valence-electron chi connectivity index (χ1n) is 11.3. The van der Waals surface area contributed by atoms with Crippen LogP contribution in [0, 0.1) is 6.92 Å². The Morgan fingerprint density at radius 3 is 2.45 bits per heavy atom. The first-order chi connectivity index (χ1) is 15.4. The number of likely N-dealkylation sites (tertiary alicyclic amines) is 1. The first-order valence-corrected chi connectivity index (χ1v) is 12.7. The number of benzene rings is 1. The molecule has 2 heterocycles. The second-order valence-electron chi connectivity index (χ2n) is 9.56. The van der Waals surface area contributed by atoms with Gasteiger partial charge in [0.25, 0.3) is 0 Å². The Kier molecular flexibility index (Phi) is 7.58. The molecule has 2 atom stereocenters. The summed E-state index contributed by atoms with van der Waals surface area (Å²) in [5.41, 5.74) is 0.240. The molecular weight excluding hydrogens is 448 g/mol. The Morgan fingerprint density at radius 2 is 1.79 bits per heavy atom. The maximum atomic E-state index is 13.5. The molecule has 33 heavy (non-hydrogen) atoms. The molecule has 3 rings (SSSR count). The standard InChI is InChI=1S/C23H34N2O7S/c1-16-10-11-20(33(28,29)25-13-7-9-18(25)21(26)30-5)19(14-16)31-17-8-6-12-24(15-17)22(27)32-23(2,3)4/h10-11,14,17-18H,6-9,12-13,15H2,1-5H3/t17-,18+/m1/s1. The topological polar surface area (TPSA) is 102 Å². The van der Waals surface area contributed by atoms with Gasteiger partial charge in [0.1, 0.15) is 28.4 Å². The number of carbonyl (C=O) groups excluding carboxylic acids is 2. The average molecular weight is 483 g/mol. The lowest BCUT2D eigenvalue weighted by atomic mass is 10.1. The minimum Gasteiger partial charge on any atom is -0.487 e. The summed E-state index contributed by atoms with van der Waals surface area (Å²) in [6, 6.07) is 4.06. The van der Waals surface area contributed by atoms with Gasteiger partial charge in [0.05, 0.1) is 13.7 Å². The molecule has 0 aliphatic carbocycles. The number of amides is 1. The van der Waals surface area contributed by atoms with Crippen molar-refractivity contribution in [2.75, 3.05) is 26.7 Å². The largest absolute Gasteiger partial charge is 0.487 e. The summed E-state index contributed by atoms with van der Waals surface area (Å²) in [6.07, 6.45) is 1.61. The third-order valence-electron chi connectivity index (χ3n) is 5.69. The Hall–Kier alpha value is -2.33. The number of hydrogen-bond acceptors (Lipinski definition) is 7. The smallest absolute Gasteiger partial charge is 0.410 e. The van der Waals surface area contributed by atoms with E-state index in [1.54, 1.807) is 17.0 Å². The predicted molar refractivity (Wildman–Crippen MR) is 122 cm³/mol. The second-order valence-corrected chi connectivity index (χ2v) is 11.4. The van der Waals surface area contributed by atoms with E-state index in [9.17, 15) is 18.0 Å². The van der Waals surface area contributed by atoms with Gasteiger partial charge < -0.3 is 19.1 Å². The number of rotatable bonds is 5. The number of nitrogens with zero attached hydrogens (tertiary/aromatic N) is 2. The Morgan fingerprint density at radius 1 is 1.09 bits per heavy atom. The van der Waals surface area contributed by atoms with Crippen molar-refractivity contribution in [3.63, 3.8) is 0 Å². The van der Waals surface area contributed by atoms with Gasteiger partial charge in [-0.25, -0.2) is 13.2 Å². The van der Waals surface area contributed by atoms with Gasteiger partial charge in [0, 0.05) is 13.1 Å². The third kappa shape index (κ3) is 5.97. The van der Waals surface area contributed by atoms with Crippen molar-refractivity contribution in [2.45, 2.75) is 76.0 Å². The van der Waals surface area contributed by atoms with Crippen LogP contribution >= 0.6 is 0 Å². The van der Waals surface area contributed by atoms with Crippen LogP contribution in [0.1, 0.15) is 52.0 Å². The highest BCUT2D eigenvalue weighted by atomic mass is 32.2. The summed E-state index contributed by atoms with van der Waals surface area (Å²) in [6.45, 7) is 8.39. The molecule has 0 radical (unpaired) electrons. The monoisotopic (exact) mass is 482 g/mol. The lowest BCUT2D eigenvalue weighted by Gasteiger charge is -2.34. The fraction of sp³-hybridized carbons (Fsp3) is 0.652. The number of sulfonamides is 1. The summed E-state index contributed by atoms with van der Waals surface area (Å²) in [7, 11) is -2.74. The van der Waals surface area contributed by atoms with Gasteiger partial charge in [-0.3, -0.25) is 4.79 Å². The summed E-state index contributed by atoms with van der Waals surface area (Å²) in [5, 5.41) is 0. The number of aryl methyl sites for hydroxylation is 1. The quantitative estimate of drug-likeness (QED) is 0.594. The highest BCUT2D eigenvalue weighted by molar-refractivity contribution is 7.89. The summed E-state index contributed by atoms with van der Waals surface area (Å²) in [5.74, 6) is -0.340. The van der Waals surface area contributed by atoms with Crippen molar-refractivity contribution in [2.24, 2.45) is 0 Å². The number of carbonyl (C=O) groups is 2. The van der Waals surface area contributed by atoms with Crippen LogP contribution in [-0.4, -0.2) is 74.2 Å². The van der Waals surface area contributed by atoms with Gasteiger partial charge in [-0.1, -0.05) is 6.07 Å². The van der Waals surface area contributed by atoms with Crippen molar-refractivity contribution in [1.82, 2.24) is 9.21 Å². The van der Waals surface area contributed by atoms with E-state index in [4.69, 9.17) is 14.2 Å². The zero-order valence-electron chi connectivity index (χ0n) is 20.0. The van der Waals surface area contributed by atoms with Crippen LogP contribution < -0.4 is 4.74 Å². The highest BCUT2D eigenvalue weighted by Gasteiger charge is 2.41. The lowest BCUT2D eigenvalue weighted by Crippen LogP contribution is -2.46. The van der Waals surface area contributed by atoms with E-state index in [2.05, 4.69) is 0 Å². The van der Waals surface area contributed by atoms with Crippen LogP contribution in [0.15, 0.2) is 23.1 Å². The van der Waals surface area contributed by atoms with Gasteiger partial charge in [-0.05, 0) is 71.1 Å². The zero-order valence-corrected chi connectivity index (χ0v) is 20.8. The van der Waals surface area contributed by atoms with Crippen LogP contribution in [0.25, 0.3) is 0 Å². The molecule has 2 aliphatic rings. The molecule has 2 fully saturated rings. The molecule has 1 amide bonds. The maximum Gasteiger partial charge on any atom is 0.410 e. The van der Waals surface area contributed by atoms with Crippen molar-refractivity contribution < 1.29 is 32.2 Å². The van der Waals surface area contributed by atoms with Crippen LogP contribution in [-0.2, 0) is 24.3 Å². The molecule has 0 N–H and O–H groups in total. The SMILES string of the molecule is COC(=O)[C@@H]1CCCN1S(=O)(=O)c1ccc(C)cc1O[C@@H]1CCCN(C(=O)OC(C)(C)C)C1. The highest BCUT2D eigenvalue weighted by Crippen LogP contribution is 2.34. The van der Waals surface area contributed by atoms with Gasteiger partial charge in [0.15, 0.2) is 0 Å². The molecule has 2 saturated heterocycles. The number of methoxy groups -OCH3 is 1. The molecule has 1 aromatic carbocycles. The molecule has 2 aliphatic heterocycles. The second kappa shape index (κ2) is 9.89. The van der Waals surface area contributed by atoms with Crippen molar-refractivity contribution in [1.29, 1.82) is 0 Å². The normalized spacial score (nSPS) is 22.2. The van der Waals surface area contributed by atoms with E-state index in [0.29, 0.717) is 38.8 Å². The first kappa shape index (κ1) is 25.3. The van der Waals surface area contributed by atoms with Crippen LogP contribution in [0.4, 0.5) is 4.79 Å². The zero-order chi connectivity index (χ0) is 24.4. The van der Waals surface area contributed by atoms with Gasteiger partial charge >= 0.3 is 12.1 Å². The van der Waals surface area contributed by atoms with Crippen LogP contribution in [0.2, 0.25) is 0 Å². The third-order valence-corrected chi connectivity index (χ3v) is 7.63. The Balaban J connectivity index is 1.83. The van der Waals surface area contributed by atoms with E-state index >= 15 is 0 Å². The molecule has 184 valence electrons. The molecule has 0 aromatic heterocycles. The predicted octanol–water partition coefficient (Wildman–Crippen LogP) is 3.10. The van der Waals surface area contributed by atoms with Crippen LogP contribution in [0.5, 0.6) is 5.75 Å². The van der Waals surface area contributed by atoms with Gasteiger partial charge in [-0.15, -0.1) is 0 Å². The van der Waals surface area contributed by atoms with Gasteiger partial charge in [0.2, 0.25) is 10.0 Å². The molecule has 0 unspecified atom stereocenters. The molecule has 10 heteroatoms. The molecule has 0 saturated carbocycles. The van der Waals surface area contributed by atoms with E-state index in [0.717, 1.165) is 5.56 Å². The number of hydrogen-bond donors (Lipinski definition) is 0. The summed E-state index contributed by atoms with van der Waals surface area (Å²) in [4.78, 5) is 26.3. The summed E-state index contributed by atoms with van der Waals surface area (Å²) < 4.78 is 44.7. The molecule has 0 bridgehead atoms. The minimum absolute atomic E-state index is 0.0123. The lowest BCUT2D eigenvalue weighted by molar-refractivity contribution is -0.144. The number of esters is 1. The van der Waals surface area contributed by atoms with Gasteiger partial charge in [-0.2, -0.15) is 4.31 Å². The van der Waals surface area contributed by atoms with E-state index in [1.165, 1.54) is 17.5 Å². The van der Waals surface area contributed by atoms with Crippen molar-refractivity contribution in [3.8, 4) is 5.75 Å². The number of ether oxygens (including phenoxy) is 3. The van der Waals surface area contributed by atoms with E-state index in [-0.39, 0.29) is 23.3 Å².